The third-order valence-corrected chi connectivity index (χ3v) is 3.15. The Balaban J connectivity index is 0.00000220. The van der Waals surface area contributed by atoms with E-state index in [9.17, 15) is 0 Å². The fraction of sp³-hybridized carbons (Fsp3) is 0.533. The van der Waals surface area contributed by atoms with E-state index in [0.717, 1.165) is 50.6 Å². The van der Waals surface area contributed by atoms with E-state index in [4.69, 9.17) is 15.2 Å². The van der Waals surface area contributed by atoms with E-state index < -0.39 is 0 Å². The van der Waals surface area contributed by atoms with Crippen molar-refractivity contribution in [2.45, 2.75) is 19.9 Å². The standard InChI is InChI=1S/C15H23N3O2.HI/c1-2-9-20-14-5-3-13(4-6-14)12-17-15(16)18-7-10-19-11-8-18;/h3-6H,2,7-12H2,1H3,(H2,16,17);1H. The Morgan fingerprint density at radius 1 is 1.29 bits per heavy atom. The predicted molar refractivity (Wildman–Crippen MR) is 95.4 cm³/mol. The van der Waals surface area contributed by atoms with Crippen LogP contribution in [-0.2, 0) is 11.3 Å². The summed E-state index contributed by atoms with van der Waals surface area (Å²) in [7, 11) is 0. The molecular formula is C15H24IN3O2. The molecule has 1 heterocycles. The van der Waals surface area contributed by atoms with Crippen LogP contribution in [0.1, 0.15) is 18.9 Å². The van der Waals surface area contributed by atoms with Gasteiger partial charge in [-0.15, -0.1) is 24.0 Å². The van der Waals surface area contributed by atoms with Crippen molar-refractivity contribution in [3.63, 3.8) is 0 Å². The van der Waals surface area contributed by atoms with E-state index in [2.05, 4.69) is 16.8 Å². The topological polar surface area (TPSA) is 60.1 Å². The Kier molecular flexibility index (Phi) is 8.44. The molecule has 2 N–H and O–H groups in total. The van der Waals surface area contributed by atoms with E-state index in [1.54, 1.807) is 0 Å². The largest absolute Gasteiger partial charge is 0.494 e. The Hall–Kier alpha value is -1.02. The molecule has 1 aliphatic rings. The first-order chi connectivity index (χ1) is 9.79. The second-order valence-electron chi connectivity index (χ2n) is 4.77. The van der Waals surface area contributed by atoms with Gasteiger partial charge in [0.2, 0.25) is 0 Å². The molecule has 6 heteroatoms. The molecule has 0 unspecified atom stereocenters. The minimum Gasteiger partial charge on any atom is -0.494 e. The monoisotopic (exact) mass is 405 g/mol. The number of aliphatic imine (C=N–C) groups is 1. The van der Waals surface area contributed by atoms with Gasteiger partial charge in [0.25, 0.3) is 0 Å². The summed E-state index contributed by atoms with van der Waals surface area (Å²) in [5.41, 5.74) is 7.12. The van der Waals surface area contributed by atoms with Crippen molar-refractivity contribution >= 4 is 29.9 Å². The highest BCUT2D eigenvalue weighted by Crippen LogP contribution is 2.13. The molecule has 1 aromatic carbocycles. The van der Waals surface area contributed by atoms with Gasteiger partial charge in [0.1, 0.15) is 5.75 Å². The van der Waals surface area contributed by atoms with Gasteiger partial charge in [0.15, 0.2) is 5.96 Å². The number of benzene rings is 1. The van der Waals surface area contributed by atoms with Crippen molar-refractivity contribution in [3.8, 4) is 5.75 Å². The minimum atomic E-state index is 0. The van der Waals surface area contributed by atoms with Crippen LogP contribution in [0.2, 0.25) is 0 Å². The molecule has 21 heavy (non-hydrogen) atoms. The Labute approximate surface area is 143 Å². The van der Waals surface area contributed by atoms with Crippen LogP contribution in [0.4, 0.5) is 0 Å². The van der Waals surface area contributed by atoms with Gasteiger partial charge in [-0.3, -0.25) is 0 Å². The number of nitrogens with two attached hydrogens (primary N) is 1. The first-order valence-electron chi connectivity index (χ1n) is 7.14. The van der Waals surface area contributed by atoms with Crippen molar-refractivity contribution in [3.05, 3.63) is 29.8 Å². The number of ether oxygens (including phenoxy) is 2. The Morgan fingerprint density at radius 3 is 2.57 bits per heavy atom. The van der Waals surface area contributed by atoms with Gasteiger partial charge in [-0.2, -0.15) is 0 Å². The van der Waals surface area contributed by atoms with Crippen molar-refractivity contribution < 1.29 is 9.47 Å². The van der Waals surface area contributed by atoms with Gasteiger partial charge < -0.3 is 20.1 Å². The number of halogens is 1. The Bertz CT molecular complexity index is 431. The number of hydrogen-bond acceptors (Lipinski definition) is 3. The fourth-order valence-electron chi connectivity index (χ4n) is 1.98. The zero-order chi connectivity index (χ0) is 14.2. The van der Waals surface area contributed by atoms with Crippen LogP contribution in [0.5, 0.6) is 5.75 Å². The molecule has 0 saturated carbocycles. The lowest BCUT2D eigenvalue weighted by Gasteiger charge is -2.27. The summed E-state index contributed by atoms with van der Waals surface area (Å²) < 4.78 is 10.8. The average Bonchev–Trinajstić information content (AvgIpc) is 2.52. The van der Waals surface area contributed by atoms with Gasteiger partial charge in [-0.1, -0.05) is 19.1 Å². The van der Waals surface area contributed by atoms with Crippen molar-refractivity contribution in [2.75, 3.05) is 32.9 Å². The molecule has 0 spiro atoms. The zero-order valence-electron chi connectivity index (χ0n) is 12.5. The summed E-state index contributed by atoms with van der Waals surface area (Å²) in [4.78, 5) is 6.49. The first kappa shape index (κ1) is 18.0. The lowest BCUT2D eigenvalue weighted by atomic mass is 10.2. The van der Waals surface area contributed by atoms with Crippen LogP contribution in [0.15, 0.2) is 29.3 Å². The second-order valence-corrected chi connectivity index (χ2v) is 4.77. The third kappa shape index (κ3) is 6.09. The van der Waals surface area contributed by atoms with Gasteiger partial charge in [0, 0.05) is 13.1 Å². The SMILES string of the molecule is CCCOc1ccc(CN=C(N)N2CCOCC2)cc1.I. The molecule has 2 rings (SSSR count). The molecular weight excluding hydrogens is 381 g/mol. The van der Waals surface area contributed by atoms with Crippen molar-refractivity contribution in [1.29, 1.82) is 0 Å². The maximum atomic E-state index is 5.99. The molecule has 1 aliphatic heterocycles. The number of rotatable bonds is 5. The van der Waals surface area contributed by atoms with E-state index in [1.165, 1.54) is 0 Å². The molecule has 5 nitrogen and oxygen atoms in total. The minimum absolute atomic E-state index is 0. The van der Waals surface area contributed by atoms with Gasteiger partial charge in [-0.25, -0.2) is 4.99 Å². The third-order valence-electron chi connectivity index (χ3n) is 3.15. The second kappa shape index (κ2) is 9.83. The molecule has 0 radical (unpaired) electrons. The van der Waals surface area contributed by atoms with Crippen LogP contribution >= 0.6 is 24.0 Å². The van der Waals surface area contributed by atoms with Gasteiger partial charge in [0.05, 0.1) is 26.4 Å². The van der Waals surface area contributed by atoms with Crippen LogP contribution in [0.25, 0.3) is 0 Å². The molecule has 118 valence electrons. The normalized spacial score (nSPS) is 15.5. The molecule has 1 saturated heterocycles. The summed E-state index contributed by atoms with van der Waals surface area (Å²) in [6, 6.07) is 8.01. The van der Waals surface area contributed by atoms with Crippen LogP contribution < -0.4 is 10.5 Å². The van der Waals surface area contributed by atoms with Crippen LogP contribution in [-0.4, -0.2) is 43.8 Å². The quantitative estimate of drug-likeness (QED) is 0.464. The molecule has 1 fully saturated rings. The maximum Gasteiger partial charge on any atom is 0.191 e. The van der Waals surface area contributed by atoms with Gasteiger partial charge in [-0.05, 0) is 24.1 Å². The fourth-order valence-corrected chi connectivity index (χ4v) is 1.98. The molecule has 0 bridgehead atoms. The van der Waals surface area contributed by atoms with Crippen LogP contribution in [0.3, 0.4) is 0 Å². The Morgan fingerprint density at radius 2 is 1.95 bits per heavy atom. The smallest absolute Gasteiger partial charge is 0.191 e. The summed E-state index contributed by atoms with van der Waals surface area (Å²) in [5.74, 6) is 1.50. The van der Waals surface area contributed by atoms with E-state index in [-0.39, 0.29) is 24.0 Å². The highest BCUT2D eigenvalue weighted by atomic mass is 127. The summed E-state index contributed by atoms with van der Waals surface area (Å²) in [5, 5.41) is 0. The van der Waals surface area contributed by atoms with E-state index >= 15 is 0 Å². The summed E-state index contributed by atoms with van der Waals surface area (Å²) in [6.07, 6.45) is 1.02. The number of guanidine groups is 1. The van der Waals surface area contributed by atoms with Crippen molar-refractivity contribution in [2.24, 2.45) is 10.7 Å². The van der Waals surface area contributed by atoms with E-state index in [0.29, 0.717) is 12.5 Å². The number of morpholine rings is 1. The molecule has 0 aromatic heterocycles. The van der Waals surface area contributed by atoms with E-state index in [1.807, 2.05) is 24.3 Å². The lowest BCUT2D eigenvalue weighted by Crippen LogP contribution is -2.44. The molecule has 0 amide bonds. The lowest BCUT2D eigenvalue weighted by molar-refractivity contribution is 0.0674. The van der Waals surface area contributed by atoms with Crippen molar-refractivity contribution in [1.82, 2.24) is 4.90 Å². The highest BCUT2D eigenvalue weighted by Gasteiger charge is 2.11. The molecule has 1 aromatic rings. The summed E-state index contributed by atoms with van der Waals surface area (Å²) >= 11 is 0. The average molecular weight is 405 g/mol. The molecule has 0 aliphatic carbocycles. The van der Waals surface area contributed by atoms with Gasteiger partial charge >= 0.3 is 0 Å². The number of hydrogen-bond donors (Lipinski definition) is 1. The predicted octanol–water partition coefficient (Wildman–Crippen LogP) is 2.24. The first-order valence-corrected chi connectivity index (χ1v) is 7.14. The number of nitrogens with zero attached hydrogens (tertiary/aromatic N) is 2. The zero-order valence-corrected chi connectivity index (χ0v) is 14.8. The summed E-state index contributed by atoms with van der Waals surface area (Å²) in [6.45, 7) is 6.52. The van der Waals surface area contributed by atoms with Crippen LogP contribution in [0, 0.1) is 0 Å². The maximum absolute atomic E-state index is 5.99. The molecule has 0 atom stereocenters. The highest BCUT2D eigenvalue weighted by molar-refractivity contribution is 14.0.